The van der Waals surface area contributed by atoms with Gasteiger partial charge in [-0.2, -0.15) is 0 Å². The van der Waals surface area contributed by atoms with E-state index in [0.717, 1.165) is 44.4 Å². The van der Waals surface area contributed by atoms with Crippen LogP contribution in [0.3, 0.4) is 0 Å². The highest BCUT2D eigenvalue weighted by Gasteiger charge is 2.33. The van der Waals surface area contributed by atoms with Crippen LogP contribution in [-0.4, -0.2) is 60.3 Å². The normalized spacial score (nSPS) is 23.3. The van der Waals surface area contributed by atoms with Crippen molar-refractivity contribution in [3.8, 4) is 5.75 Å². The molecule has 3 rings (SSSR count). The van der Waals surface area contributed by atoms with E-state index in [1.807, 2.05) is 0 Å². The van der Waals surface area contributed by atoms with Crippen LogP contribution in [0.4, 0.5) is 0 Å². The average Bonchev–Trinajstić information content (AvgIpc) is 3.13. The number of aliphatic hydroxyl groups excluding tert-OH is 1. The molecular weight excluding hydrogens is 312 g/mol. The van der Waals surface area contributed by atoms with Gasteiger partial charge in [0.15, 0.2) is 0 Å². The van der Waals surface area contributed by atoms with Crippen LogP contribution in [0.2, 0.25) is 0 Å². The van der Waals surface area contributed by atoms with Crippen molar-refractivity contribution in [1.82, 2.24) is 9.80 Å². The number of nitrogens with zero attached hydrogens (tertiary/aromatic N) is 2. The summed E-state index contributed by atoms with van der Waals surface area (Å²) in [5.41, 5.74) is 3.91. The minimum Gasteiger partial charge on any atom is -0.496 e. The molecule has 1 saturated carbocycles. The molecule has 1 atom stereocenters. The van der Waals surface area contributed by atoms with Crippen LogP contribution in [-0.2, 0) is 6.54 Å². The summed E-state index contributed by atoms with van der Waals surface area (Å²) in [5.74, 6) is 0.977. The summed E-state index contributed by atoms with van der Waals surface area (Å²) in [6, 6.07) is 5.69. The van der Waals surface area contributed by atoms with E-state index >= 15 is 0 Å². The molecule has 2 fully saturated rings. The maximum atomic E-state index is 9.53. The highest BCUT2D eigenvalue weighted by molar-refractivity contribution is 5.41. The minimum absolute atomic E-state index is 0.294. The third-order valence-corrected chi connectivity index (χ3v) is 6.12. The first-order valence-corrected chi connectivity index (χ1v) is 9.85. The molecule has 140 valence electrons. The fourth-order valence-electron chi connectivity index (χ4n) is 4.68. The van der Waals surface area contributed by atoms with E-state index in [-0.39, 0.29) is 0 Å². The Morgan fingerprint density at radius 3 is 2.56 bits per heavy atom. The molecule has 0 radical (unpaired) electrons. The van der Waals surface area contributed by atoms with Crippen LogP contribution in [0.15, 0.2) is 12.1 Å². The summed E-state index contributed by atoms with van der Waals surface area (Å²) in [6.45, 7) is 8.93. The average molecular weight is 347 g/mol. The van der Waals surface area contributed by atoms with Crippen LogP contribution in [0.1, 0.15) is 48.8 Å². The van der Waals surface area contributed by atoms with Gasteiger partial charge in [0.1, 0.15) is 5.75 Å². The van der Waals surface area contributed by atoms with E-state index in [9.17, 15) is 5.11 Å². The van der Waals surface area contributed by atoms with E-state index in [1.165, 1.54) is 42.4 Å². The molecule has 1 unspecified atom stereocenters. The standard InChI is InChI=1S/C21H34N2O2/c1-16-13-21(25-3)17(2)12-18(16)14-22-9-10-23(19-6-4-5-7-19)20(15-22)8-11-24/h12-13,19-20,24H,4-11,14-15H2,1-3H3. The summed E-state index contributed by atoms with van der Waals surface area (Å²) in [7, 11) is 1.74. The van der Waals surface area contributed by atoms with Gasteiger partial charge in [-0.15, -0.1) is 0 Å². The van der Waals surface area contributed by atoms with Crippen molar-refractivity contribution in [2.24, 2.45) is 0 Å². The van der Waals surface area contributed by atoms with Gasteiger partial charge in [0.05, 0.1) is 7.11 Å². The molecule has 4 heteroatoms. The van der Waals surface area contributed by atoms with Gasteiger partial charge in [-0.3, -0.25) is 9.80 Å². The number of rotatable bonds is 6. The van der Waals surface area contributed by atoms with Crippen LogP contribution in [0.5, 0.6) is 5.75 Å². The highest BCUT2D eigenvalue weighted by Crippen LogP contribution is 2.29. The maximum Gasteiger partial charge on any atom is 0.122 e. The third kappa shape index (κ3) is 4.36. The SMILES string of the molecule is COc1cc(C)c(CN2CCN(C3CCCC3)C(CCO)C2)cc1C. The number of aryl methyl sites for hydroxylation is 2. The molecule has 25 heavy (non-hydrogen) atoms. The lowest BCUT2D eigenvalue weighted by Crippen LogP contribution is -2.56. The Labute approximate surface area is 152 Å². The Morgan fingerprint density at radius 2 is 1.88 bits per heavy atom. The zero-order valence-corrected chi connectivity index (χ0v) is 16.1. The molecular formula is C21H34N2O2. The molecule has 1 aromatic rings. The van der Waals surface area contributed by atoms with E-state index in [4.69, 9.17) is 4.74 Å². The number of hydrogen-bond acceptors (Lipinski definition) is 4. The van der Waals surface area contributed by atoms with Crippen LogP contribution in [0.25, 0.3) is 0 Å². The molecule has 1 aromatic carbocycles. The number of ether oxygens (including phenoxy) is 1. The van der Waals surface area contributed by atoms with Crippen molar-refractivity contribution >= 4 is 0 Å². The van der Waals surface area contributed by atoms with Gasteiger partial charge in [-0.05, 0) is 55.9 Å². The lowest BCUT2D eigenvalue weighted by molar-refractivity contribution is 0.0266. The highest BCUT2D eigenvalue weighted by atomic mass is 16.5. The quantitative estimate of drug-likeness (QED) is 0.858. The van der Waals surface area contributed by atoms with Gasteiger partial charge < -0.3 is 9.84 Å². The zero-order chi connectivity index (χ0) is 17.8. The van der Waals surface area contributed by atoms with Crippen LogP contribution >= 0.6 is 0 Å². The second-order valence-electron chi connectivity index (χ2n) is 7.83. The molecule has 1 N–H and O–H groups in total. The molecule has 0 aromatic heterocycles. The molecule has 4 nitrogen and oxygen atoms in total. The summed E-state index contributed by atoms with van der Waals surface area (Å²) in [4.78, 5) is 5.27. The van der Waals surface area contributed by atoms with Crippen molar-refractivity contribution in [2.45, 2.75) is 64.6 Å². The smallest absolute Gasteiger partial charge is 0.122 e. The Balaban J connectivity index is 1.67. The predicted octanol–water partition coefficient (Wildman–Crippen LogP) is 3.12. The molecule has 1 aliphatic carbocycles. The molecule has 0 amide bonds. The van der Waals surface area contributed by atoms with Crippen LogP contribution < -0.4 is 4.74 Å². The number of piperazine rings is 1. The van der Waals surface area contributed by atoms with Crippen LogP contribution in [0, 0.1) is 13.8 Å². The van der Waals surface area contributed by atoms with Gasteiger partial charge >= 0.3 is 0 Å². The number of hydrogen-bond donors (Lipinski definition) is 1. The van der Waals surface area contributed by atoms with E-state index in [0.29, 0.717) is 12.6 Å². The van der Waals surface area contributed by atoms with Crippen molar-refractivity contribution in [3.05, 3.63) is 28.8 Å². The fourth-order valence-corrected chi connectivity index (χ4v) is 4.68. The first-order valence-electron chi connectivity index (χ1n) is 9.85. The van der Waals surface area contributed by atoms with Gasteiger partial charge in [0.25, 0.3) is 0 Å². The predicted molar refractivity (Wildman–Crippen MR) is 102 cm³/mol. The van der Waals surface area contributed by atoms with Crippen molar-refractivity contribution < 1.29 is 9.84 Å². The molecule has 1 heterocycles. The summed E-state index contributed by atoms with van der Waals surface area (Å²) in [6.07, 6.45) is 6.34. The van der Waals surface area contributed by atoms with E-state index < -0.39 is 0 Å². The third-order valence-electron chi connectivity index (χ3n) is 6.12. The van der Waals surface area contributed by atoms with Gasteiger partial charge in [0.2, 0.25) is 0 Å². The summed E-state index contributed by atoms with van der Waals surface area (Å²) >= 11 is 0. The first kappa shape index (κ1) is 18.7. The molecule has 1 aliphatic heterocycles. The number of methoxy groups -OCH3 is 1. The minimum atomic E-state index is 0.294. The van der Waals surface area contributed by atoms with Crippen molar-refractivity contribution in [1.29, 1.82) is 0 Å². The van der Waals surface area contributed by atoms with Gasteiger partial charge in [0, 0.05) is 44.9 Å². The number of benzene rings is 1. The lowest BCUT2D eigenvalue weighted by atomic mass is 10.0. The summed E-state index contributed by atoms with van der Waals surface area (Å²) in [5, 5.41) is 9.53. The summed E-state index contributed by atoms with van der Waals surface area (Å²) < 4.78 is 5.44. The Morgan fingerprint density at radius 1 is 1.12 bits per heavy atom. The second-order valence-corrected chi connectivity index (χ2v) is 7.83. The Hall–Kier alpha value is -1.10. The first-order chi connectivity index (χ1) is 12.1. The maximum absolute atomic E-state index is 9.53. The zero-order valence-electron chi connectivity index (χ0n) is 16.1. The topological polar surface area (TPSA) is 35.9 Å². The molecule has 2 aliphatic rings. The van der Waals surface area contributed by atoms with Crippen molar-refractivity contribution in [3.63, 3.8) is 0 Å². The van der Waals surface area contributed by atoms with Gasteiger partial charge in [-0.1, -0.05) is 18.9 Å². The van der Waals surface area contributed by atoms with Crippen molar-refractivity contribution in [2.75, 3.05) is 33.4 Å². The van der Waals surface area contributed by atoms with E-state index in [2.05, 4.69) is 35.8 Å². The molecule has 1 saturated heterocycles. The number of aliphatic hydroxyl groups is 1. The monoisotopic (exact) mass is 346 g/mol. The Bertz CT molecular complexity index is 569. The van der Waals surface area contributed by atoms with Gasteiger partial charge in [-0.25, -0.2) is 0 Å². The molecule has 0 bridgehead atoms. The van der Waals surface area contributed by atoms with E-state index in [1.54, 1.807) is 7.11 Å². The largest absolute Gasteiger partial charge is 0.496 e. The lowest BCUT2D eigenvalue weighted by Gasteiger charge is -2.44. The Kier molecular flexibility index (Phi) is 6.37. The molecule has 0 spiro atoms. The fraction of sp³-hybridized carbons (Fsp3) is 0.714. The second kappa shape index (κ2) is 8.52.